The third kappa shape index (κ3) is 4.85. The van der Waals surface area contributed by atoms with E-state index >= 15 is 0 Å². The maximum atomic E-state index is 13.7. The molecule has 9 heteroatoms. The monoisotopic (exact) mass is 616 g/mol. The molecule has 3 N–H and O–H groups in total. The van der Waals surface area contributed by atoms with Gasteiger partial charge in [0.15, 0.2) is 5.82 Å². The van der Waals surface area contributed by atoms with Crippen LogP contribution in [0.3, 0.4) is 0 Å². The lowest BCUT2D eigenvalue weighted by Gasteiger charge is -2.27. The molecular formula is C37H40N6O3. The molecule has 0 unspecified atom stereocenters. The Hall–Kier alpha value is -4.63. The molecule has 3 aliphatic rings. The first kappa shape index (κ1) is 28.8. The fourth-order valence-corrected chi connectivity index (χ4v) is 7.68. The van der Waals surface area contributed by atoms with Crippen LogP contribution in [0.15, 0.2) is 60.7 Å². The molecule has 2 saturated carbocycles. The van der Waals surface area contributed by atoms with Gasteiger partial charge in [-0.1, -0.05) is 36.4 Å². The lowest BCUT2D eigenvalue weighted by atomic mass is 10.0. The number of carbonyl (C=O) groups is 2. The minimum atomic E-state index is -0.0336. The van der Waals surface area contributed by atoms with Crippen LogP contribution < -0.4 is 15.8 Å². The largest absolute Gasteiger partial charge is 0.494 e. The lowest BCUT2D eigenvalue weighted by molar-refractivity contribution is -0.119. The van der Waals surface area contributed by atoms with Gasteiger partial charge in [0, 0.05) is 62.2 Å². The molecule has 1 saturated heterocycles. The first-order valence-corrected chi connectivity index (χ1v) is 16.4. The molecule has 0 radical (unpaired) electrons. The Bertz CT molecular complexity index is 2000. The van der Waals surface area contributed by atoms with E-state index in [9.17, 15) is 9.59 Å². The zero-order valence-electron chi connectivity index (χ0n) is 26.6. The van der Waals surface area contributed by atoms with Gasteiger partial charge in [0.05, 0.1) is 18.3 Å². The summed E-state index contributed by atoms with van der Waals surface area (Å²) in [6.07, 6.45) is 4.54. The highest BCUT2D eigenvalue weighted by Crippen LogP contribution is 2.40. The van der Waals surface area contributed by atoms with Crippen LogP contribution in [0.25, 0.3) is 44.6 Å². The SMILES string of the molecule is COc1cc(C(=O)N2C[C@H]3CC[C@@H]2[C@@H]3N)cc2nc(-c3cc4ccc(-c5ccc(CNC(C)=O)cc5)cc4n3CC3CC3)n(C)c12. The van der Waals surface area contributed by atoms with Crippen molar-refractivity contribution in [1.29, 1.82) is 0 Å². The molecule has 3 atom stereocenters. The molecule has 3 fully saturated rings. The minimum Gasteiger partial charge on any atom is -0.494 e. The molecule has 2 aliphatic carbocycles. The topological polar surface area (TPSA) is 107 Å². The molecule has 8 rings (SSSR count). The molecule has 3 heterocycles. The van der Waals surface area contributed by atoms with Gasteiger partial charge in [0.1, 0.15) is 11.3 Å². The van der Waals surface area contributed by atoms with Crippen molar-refractivity contribution in [1.82, 2.24) is 24.3 Å². The summed E-state index contributed by atoms with van der Waals surface area (Å²) in [6.45, 7) is 3.71. The predicted octanol–water partition coefficient (Wildman–Crippen LogP) is 5.48. The average Bonchev–Trinajstić information content (AvgIpc) is 3.47. The number of hydrogen-bond donors (Lipinski definition) is 2. The Morgan fingerprint density at radius 2 is 1.78 bits per heavy atom. The molecule has 0 spiro atoms. The number of rotatable bonds is 8. The van der Waals surface area contributed by atoms with Crippen molar-refractivity contribution >= 4 is 33.8 Å². The van der Waals surface area contributed by atoms with Crippen LogP contribution in [-0.2, 0) is 24.9 Å². The number of imidazole rings is 1. The Balaban J connectivity index is 1.18. The second kappa shape index (κ2) is 11.0. The standard InChI is InChI=1S/C37H40N6O3/c1-21(44)39-18-22-6-8-24(9-7-22)25-10-11-26-16-32(42(31(26)15-25)19-23-4-5-23)36-40-29-14-28(17-33(46-3)35(29)41(36)2)37(45)43-20-27-12-13-30(43)34(27)38/h6-11,14-17,23,27,30,34H,4-5,12-13,18-20,38H2,1-3H3,(H,39,44)/t27-,30-,34-/m1/s1. The van der Waals surface area contributed by atoms with Crippen LogP contribution in [-0.4, -0.2) is 56.6 Å². The number of nitrogens with zero attached hydrogens (tertiary/aromatic N) is 4. The van der Waals surface area contributed by atoms with Gasteiger partial charge in [0.25, 0.3) is 5.91 Å². The van der Waals surface area contributed by atoms with E-state index in [0.29, 0.717) is 29.7 Å². The van der Waals surface area contributed by atoms with Crippen molar-refractivity contribution in [2.75, 3.05) is 13.7 Å². The number of benzene rings is 3. The number of methoxy groups -OCH3 is 1. The summed E-state index contributed by atoms with van der Waals surface area (Å²) in [5.41, 5.74) is 14.2. The Kier molecular flexibility index (Phi) is 6.90. The van der Waals surface area contributed by atoms with Crippen molar-refractivity contribution in [3.05, 3.63) is 71.8 Å². The molecule has 2 aromatic heterocycles. The summed E-state index contributed by atoms with van der Waals surface area (Å²) in [5.74, 6) is 2.51. The Morgan fingerprint density at radius 3 is 2.46 bits per heavy atom. The number of likely N-dealkylation sites (tertiary alicyclic amines) is 1. The van der Waals surface area contributed by atoms with E-state index in [1.54, 1.807) is 7.11 Å². The number of aromatic nitrogens is 3. The molecule has 2 amide bonds. The number of amides is 2. The molecule has 9 nitrogen and oxygen atoms in total. The van der Waals surface area contributed by atoms with Crippen LogP contribution in [0.1, 0.15) is 48.5 Å². The van der Waals surface area contributed by atoms with Gasteiger partial charge >= 0.3 is 0 Å². The zero-order chi connectivity index (χ0) is 31.7. The third-order valence-corrected chi connectivity index (χ3v) is 10.4. The number of nitrogens with two attached hydrogens (primary N) is 1. The smallest absolute Gasteiger partial charge is 0.254 e. The fraction of sp³-hybridized carbons (Fsp3) is 0.378. The summed E-state index contributed by atoms with van der Waals surface area (Å²) >= 11 is 0. The Morgan fingerprint density at radius 1 is 1.00 bits per heavy atom. The van der Waals surface area contributed by atoms with Crippen LogP contribution in [0.4, 0.5) is 0 Å². The number of carbonyl (C=O) groups excluding carboxylic acids is 2. The summed E-state index contributed by atoms with van der Waals surface area (Å²) in [4.78, 5) is 32.2. The predicted molar refractivity (Wildman–Crippen MR) is 179 cm³/mol. The van der Waals surface area contributed by atoms with E-state index in [0.717, 1.165) is 70.6 Å². The van der Waals surface area contributed by atoms with E-state index in [4.69, 9.17) is 15.5 Å². The van der Waals surface area contributed by atoms with Gasteiger partial charge in [-0.25, -0.2) is 4.98 Å². The quantitative estimate of drug-likeness (QED) is 0.240. The molecule has 3 aromatic carbocycles. The molecule has 1 aliphatic heterocycles. The maximum absolute atomic E-state index is 13.7. The summed E-state index contributed by atoms with van der Waals surface area (Å²) in [6, 6.07) is 21.2. The maximum Gasteiger partial charge on any atom is 0.254 e. The highest BCUT2D eigenvalue weighted by atomic mass is 16.5. The minimum absolute atomic E-state index is 0.00794. The summed E-state index contributed by atoms with van der Waals surface area (Å²) < 4.78 is 10.4. The van der Waals surface area contributed by atoms with E-state index in [2.05, 4.69) is 63.0 Å². The first-order valence-electron chi connectivity index (χ1n) is 16.4. The number of hydrogen-bond acceptors (Lipinski definition) is 5. The van der Waals surface area contributed by atoms with Gasteiger partial charge < -0.3 is 29.8 Å². The van der Waals surface area contributed by atoms with Crippen molar-refractivity contribution in [3.63, 3.8) is 0 Å². The molecule has 46 heavy (non-hydrogen) atoms. The van der Waals surface area contributed by atoms with Gasteiger partial charge in [0.2, 0.25) is 5.91 Å². The van der Waals surface area contributed by atoms with Crippen molar-refractivity contribution in [2.45, 2.75) is 57.8 Å². The zero-order valence-corrected chi connectivity index (χ0v) is 26.6. The van der Waals surface area contributed by atoms with E-state index < -0.39 is 0 Å². The number of fused-ring (bicyclic) bond motifs is 4. The highest BCUT2D eigenvalue weighted by molar-refractivity contribution is 6.00. The number of aryl methyl sites for hydroxylation is 1. The first-order chi connectivity index (χ1) is 22.3. The fourth-order valence-electron chi connectivity index (χ4n) is 7.68. The second-order valence-electron chi connectivity index (χ2n) is 13.4. The van der Waals surface area contributed by atoms with Crippen LogP contribution in [0.2, 0.25) is 0 Å². The van der Waals surface area contributed by atoms with Gasteiger partial charge in [-0.05, 0) is 78.5 Å². The third-order valence-electron chi connectivity index (χ3n) is 10.4. The summed E-state index contributed by atoms with van der Waals surface area (Å²) in [5, 5.41) is 4.03. The average molecular weight is 617 g/mol. The second-order valence-corrected chi connectivity index (χ2v) is 13.4. The van der Waals surface area contributed by atoms with Crippen LogP contribution in [0.5, 0.6) is 5.75 Å². The Labute approximate surface area is 268 Å². The van der Waals surface area contributed by atoms with Gasteiger partial charge in [-0.2, -0.15) is 0 Å². The van der Waals surface area contributed by atoms with E-state index in [1.807, 2.05) is 24.1 Å². The van der Waals surface area contributed by atoms with Crippen molar-refractivity contribution < 1.29 is 14.3 Å². The van der Waals surface area contributed by atoms with Crippen molar-refractivity contribution in [3.8, 4) is 28.4 Å². The highest BCUT2D eigenvalue weighted by Gasteiger charge is 2.47. The van der Waals surface area contributed by atoms with Crippen molar-refractivity contribution in [2.24, 2.45) is 24.6 Å². The lowest BCUT2D eigenvalue weighted by Crippen LogP contribution is -2.41. The molecular weight excluding hydrogens is 576 g/mol. The molecule has 2 bridgehead atoms. The van der Waals surface area contributed by atoms with Gasteiger partial charge in [-0.15, -0.1) is 0 Å². The summed E-state index contributed by atoms with van der Waals surface area (Å²) in [7, 11) is 3.68. The number of ether oxygens (including phenoxy) is 1. The van der Waals surface area contributed by atoms with Gasteiger partial charge in [-0.3, -0.25) is 9.59 Å². The van der Waals surface area contributed by atoms with E-state index in [1.165, 1.54) is 25.3 Å². The normalized spacial score (nSPS) is 20.6. The van der Waals surface area contributed by atoms with Crippen LogP contribution >= 0.6 is 0 Å². The molecule has 5 aromatic rings. The van der Waals surface area contributed by atoms with E-state index in [-0.39, 0.29) is 23.9 Å². The molecule has 236 valence electrons. The number of nitrogens with one attached hydrogen (secondary N) is 1. The number of piperidine rings is 1. The van der Waals surface area contributed by atoms with Crippen LogP contribution in [0, 0.1) is 11.8 Å².